The molecule has 1 saturated heterocycles. The van der Waals surface area contributed by atoms with E-state index in [2.05, 4.69) is 72.0 Å². The molecule has 1 atom stereocenters. The Bertz CT molecular complexity index is 777. The highest BCUT2D eigenvalue weighted by atomic mass is 127. The number of aromatic nitrogens is 1. The maximum atomic E-state index is 5.65. The van der Waals surface area contributed by atoms with E-state index in [1.807, 2.05) is 6.20 Å². The molecule has 30 heavy (non-hydrogen) atoms. The molecule has 1 aromatic heterocycles. The highest BCUT2D eigenvalue weighted by Gasteiger charge is 2.34. The van der Waals surface area contributed by atoms with E-state index in [1.54, 1.807) is 11.3 Å². The third-order valence-electron chi connectivity index (χ3n) is 5.25. The smallest absolute Gasteiger partial charge is 0.191 e. The average molecular weight is 544 g/mol. The van der Waals surface area contributed by atoms with Crippen molar-refractivity contribution in [2.24, 2.45) is 4.99 Å². The molecular weight excluding hydrogens is 509 g/mol. The third kappa shape index (κ3) is 7.47. The maximum Gasteiger partial charge on any atom is 0.191 e. The Labute approximate surface area is 201 Å². The summed E-state index contributed by atoms with van der Waals surface area (Å²) in [6.45, 7) is 10.2. The Hall–Kier alpha value is -1.23. The third-order valence-corrected chi connectivity index (χ3v) is 6.15. The van der Waals surface area contributed by atoms with Crippen LogP contribution in [0.1, 0.15) is 48.2 Å². The second-order valence-corrected chi connectivity index (χ2v) is 8.90. The minimum Gasteiger partial charge on any atom is -0.381 e. The SMILES string of the molecule is CCNC(=NCc1ncc(C)s1)NCC1(NC(C)c2ccccc2)CCOCC1.I. The second kappa shape index (κ2) is 12.6. The van der Waals surface area contributed by atoms with Gasteiger partial charge in [-0.2, -0.15) is 0 Å². The van der Waals surface area contributed by atoms with Crippen LogP contribution in [0.5, 0.6) is 0 Å². The predicted molar refractivity (Wildman–Crippen MR) is 136 cm³/mol. The van der Waals surface area contributed by atoms with Gasteiger partial charge in [-0.05, 0) is 39.2 Å². The van der Waals surface area contributed by atoms with Crippen molar-refractivity contribution in [2.75, 3.05) is 26.3 Å². The van der Waals surface area contributed by atoms with Crippen LogP contribution >= 0.6 is 35.3 Å². The molecule has 0 radical (unpaired) electrons. The number of rotatable bonds is 8. The summed E-state index contributed by atoms with van der Waals surface area (Å²) in [5, 5.41) is 11.8. The number of aliphatic imine (C=N–C) groups is 1. The van der Waals surface area contributed by atoms with Gasteiger partial charge in [0.05, 0.1) is 6.54 Å². The normalized spacial score (nSPS) is 17.1. The van der Waals surface area contributed by atoms with Crippen LogP contribution in [0.15, 0.2) is 41.5 Å². The van der Waals surface area contributed by atoms with Crippen LogP contribution < -0.4 is 16.0 Å². The monoisotopic (exact) mass is 543 g/mol. The van der Waals surface area contributed by atoms with Crippen molar-refractivity contribution in [1.29, 1.82) is 0 Å². The molecule has 2 aromatic rings. The molecule has 0 aliphatic carbocycles. The van der Waals surface area contributed by atoms with Crippen molar-refractivity contribution in [2.45, 2.75) is 51.7 Å². The van der Waals surface area contributed by atoms with E-state index in [9.17, 15) is 0 Å². The van der Waals surface area contributed by atoms with Crippen LogP contribution in [0.2, 0.25) is 0 Å². The Morgan fingerprint density at radius 3 is 2.60 bits per heavy atom. The van der Waals surface area contributed by atoms with E-state index in [0.29, 0.717) is 6.54 Å². The summed E-state index contributed by atoms with van der Waals surface area (Å²) < 4.78 is 5.65. The average Bonchev–Trinajstić information content (AvgIpc) is 3.16. The molecule has 0 bridgehead atoms. The Morgan fingerprint density at radius 1 is 1.23 bits per heavy atom. The number of hydrogen-bond donors (Lipinski definition) is 3. The van der Waals surface area contributed by atoms with Crippen molar-refractivity contribution in [3.63, 3.8) is 0 Å². The Kier molecular flexibility index (Phi) is 10.5. The van der Waals surface area contributed by atoms with Crippen LogP contribution in [-0.4, -0.2) is 42.8 Å². The summed E-state index contributed by atoms with van der Waals surface area (Å²) in [6.07, 6.45) is 3.85. The fourth-order valence-electron chi connectivity index (χ4n) is 3.63. The van der Waals surface area contributed by atoms with Crippen LogP contribution in [0.4, 0.5) is 0 Å². The van der Waals surface area contributed by atoms with Crippen LogP contribution in [0.3, 0.4) is 0 Å². The van der Waals surface area contributed by atoms with Gasteiger partial charge in [0, 0.05) is 49.0 Å². The standard InChI is InChI=1S/C22H33N5OS.HI/c1-4-23-21(25-15-20-24-14-17(2)29-20)26-16-22(10-12-28-13-11-22)27-18(3)19-8-6-5-7-9-19;/h5-9,14,18,27H,4,10-13,15-16H2,1-3H3,(H2,23,25,26);1H. The summed E-state index contributed by atoms with van der Waals surface area (Å²) >= 11 is 1.70. The number of hydrogen-bond acceptors (Lipinski definition) is 5. The van der Waals surface area contributed by atoms with Gasteiger partial charge in [-0.15, -0.1) is 35.3 Å². The highest BCUT2D eigenvalue weighted by Crippen LogP contribution is 2.25. The predicted octanol–water partition coefficient (Wildman–Crippen LogP) is 4.02. The van der Waals surface area contributed by atoms with Crippen molar-refractivity contribution < 1.29 is 4.74 Å². The highest BCUT2D eigenvalue weighted by molar-refractivity contribution is 14.0. The molecular formula is C22H34IN5OS. The zero-order chi connectivity index (χ0) is 20.5. The van der Waals surface area contributed by atoms with E-state index in [-0.39, 0.29) is 35.6 Å². The van der Waals surface area contributed by atoms with Crippen LogP contribution in [0, 0.1) is 6.92 Å². The van der Waals surface area contributed by atoms with Gasteiger partial charge < -0.3 is 20.7 Å². The minimum atomic E-state index is -0.0263. The van der Waals surface area contributed by atoms with Crippen molar-refractivity contribution >= 4 is 41.3 Å². The van der Waals surface area contributed by atoms with Crippen molar-refractivity contribution in [3.8, 4) is 0 Å². The Balaban J connectivity index is 0.00000320. The summed E-state index contributed by atoms with van der Waals surface area (Å²) in [7, 11) is 0. The zero-order valence-electron chi connectivity index (χ0n) is 18.1. The molecule has 1 aliphatic heterocycles. The molecule has 0 saturated carbocycles. The van der Waals surface area contributed by atoms with Gasteiger partial charge in [0.15, 0.2) is 5.96 Å². The maximum absolute atomic E-state index is 5.65. The van der Waals surface area contributed by atoms with E-state index >= 15 is 0 Å². The van der Waals surface area contributed by atoms with Crippen LogP contribution in [-0.2, 0) is 11.3 Å². The largest absolute Gasteiger partial charge is 0.381 e. The van der Waals surface area contributed by atoms with Crippen LogP contribution in [0.25, 0.3) is 0 Å². The lowest BCUT2D eigenvalue weighted by atomic mass is 9.88. The van der Waals surface area contributed by atoms with Gasteiger partial charge >= 0.3 is 0 Å². The number of benzene rings is 1. The molecule has 2 heterocycles. The quantitative estimate of drug-likeness (QED) is 0.267. The number of halogens is 1. The molecule has 6 nitrogen and oxygen atoms in total. The van der Waals surface area contributed by atoms with Crippen molar-refractivity contribution in [1.82, 2.24) is 20.9 Å². The van der Waals surface area contributed by atoms with E-state index < -0.39 is 0 Å². The molecule has 3 N–H and O–H groups in total. The lowest BCUT2D eigenvalue weighted by Crippen LogP contribution is -2.58. The molecule has 0 spiro atoms. The second-order valence-electron chi connectivity index (χ2n) is 7.58. The number of ether oxygens (including phenoxy) is 1. The lowest BCUT2D eigenvalue weighted by molar-refractivity contribution is 0.0355. The Morgan fingerprint density at radius 2 is 1.97 bits per heavy atom. The summed E-state index contributed by atoms with van der Waals surface area (Å²) in [5.41, 5.74) is 1.28. The number of nitrogens with one attached hydrogen (secondary N) is 3. The summed E-state index contributed by atoms with van der Waals surface area (Å²) in [6, 6.07) is 10.9. The molecule has 3 rings (SSSR count). The molecule has 1 aliphatic rings. The molecule has 1 aromatic carbocycles. The van der Waals surface area contributed by atoms with Gasteiger partial charge in [0.2, 0.25) is 0 Å². The zero-order valence-corrected chi connectivity index (χ0v) is 21.3. The van der Waals surface area contributed by atoms with Gasteiger partial charge in [0.1, 0.15) is 5.01 Å². The first-order valence-corrected chi connectivity index (χ1v) is 11.3. The lowest BCUT2D eigenvalue weighted by Gasteiger charge is -2.41. The van der Waals surface area contributed by atoms with Gasteiger partial charge in [-0.3, -0.25) is 0 Å². The first-order valence-electron chi connectivity index (χ1n) is 10.4. The summed E-state index contributed by atoms with van der Waals surface area (Å²) in [5.74, 6) is 0.834. The van der Waals surface area contributed by atoms with Gasteiger partial charge in [0.25, 0.3) is 0 Å². The first-order chi connectivity index (χ1) is 14.1. The number of thiazole rings is 1. The number of nitrogens with zero attached hydrogens (tertiary/aromatic N) is 2. The summed E-state index contributed by atoms with van der Waals surface area (Å²) in [4.78, 5) is 10.4. The minimum absolute atomic E-state index is 0. The van der Waals surface area contributed by atoms with E-state index in [0.717, 1.165) is 50.1 Å². The van der Waals surface area contributed by atoms with Gasteiger partial charge in [-0.25, -0.2) is 9.98 Å². The first kappa shape index (κ1) is 25.0. The fraction of sp³-hybridized carbons (Fsp3) is 0.545. The fourth-order valence-corrected chi connectivity index (χ4v) is 4.35. The number of guanidine groups is 1. The molecule has 8 heteroatoms. The molecule has 166 valence electrons. The van der Waals surface area contributed by atoms with Gasteiger partial charge in [-0.1, -0.05) is 30.3 Å². The number of aryl methyl sites for hydroxylation is 1. The molecule has 0 amide bonds. The molecule has 1 unspecified atom stereocenters. The van der Waals surface area contributed by atoms with Crippen molar-refractivity contribution in [3.05, 3.63) is 52.0 Å². The molecule has 1 fully saturated rings. The van der Waals surface area contributed by atoms with E-state index in [1.165, 1.54) is 10.4 Å². The topological polar surface area (TPSA) is 70.6 Å². The van der Waals surface area contributed by atoms with E-state index in [4.69, 9.17) is 9.73 Å².